The summed E-state index contributed by atoms with van der Waals surface area (Å²) in [6.45, 7) is 3.63. The molecule has 0 bridgehead atoms. The standard InChI is InChI=1S/C24H24O9/c1-3-21(25)31-15-5-4-14-30-16-22(26)32-19-10-8-18(9-11-19)24(28)33-20-12-6-17(7-13-20)23(27)29-2/h3,6-13H,1,4-5,14-16H2,2H3. The number of hydrogen-bond donors (Lipinski definition) is 0. The number of ether oxygens (including phenoxy) is 5. The van der Waals surface area contributed by atoms with Gasteiger partial charge in [0.15, 0.2) is 0 Å². The summed E-state index contributed by atoms with van der Waals surface area (Å²) in [5.74, 6) is -1.66. The molecule has 2 rings (SSSR count). The lowest BCUT2D eigenvalue weighted by Crippen LogP contribution is -2.16. The lowest BCUT2D eigenvalue weighted by Gasteiger charge is -2.07. The van der Waals surface area contributed by atoms with Gasteiger partial charge in [0.05, 0.1) is 24.8 Å². The highest BCUT2D eigenvalue weighted by Gasteiger charge is 2.12. The van der Waals surface area contributed by atoms with Gasteiger partial charge in [-0.05, 0) is 61.4 Å². The first kappa shape index (κ1) is 25.3. The Morgan fingerprint density at radius 2 is 1.33 bits per heavy atom. The number of methoxy groups -OCH3 is 1. The van der Waals surface area contributed by atoms with Gasteiger partial charge in [0.1, 0.15) is 18.1 Å². The summed E-state index contributed by atoms with van der Waals surface area (Å²) in [6, 6.07) is 11.8. The molecule has 0 aliphatic carbocycles. The van der Waals surface area contributed by atoms with Crippen molar-refractivity contribution in [1.29, 1.82) is 0 Å². The number of unbranched alkanes of at least 4 members (excludes halogenated alkanes) is 1. The predicted octanol–water partition coefficient (Wildman–Crippen LogP) is 3.12. The van der Waals surface area contributed by atoms with Crippen LogP contribution in [-0.4, -0.2) is 50.8 Å². The van der Waals surface area contributed by atoms with Gasteiger partial charge in [-0.25, -0.2) is 19.2 Å². The third-order valence-electron chi connectivity index (χ3n) is 4.12. The second kappa shape index (κ2) is 13.4. The average Bonchev–Trinajstić information content (AvgIpc) is 2.83. The molecule has 2 aromatic rings. The van der Waals surface area contributed by atoms with Crippen LogP contribution in [0.4, 0.5) is 0 Å². The maximum absolute atomic E-state index is 12.3. The molecule has 0 N–H and O–H groups in total. The predicted molar refractivity (Wildman–Crippen MR) is 116 cm³/mol. The molecule has 0 amide bonds. The summed E-state index contributed by atoms with van der Waals surface area (Å²) < 4.78 is 25.1. The molecule has 0 spiro atoms. The average molecular weight is 456 g/mol. The fraction of sp³-hybridized carbons (Fsp3) is 0.250. The third-order valence-corrected chi connectivity index (χ3v) is 4.12. The monoisotopic (exact) mass is 456 g/mol. The summed E-state index contributed by atoms with van der Waals surface area (Å²) in [5.41, 5.74) is 0.585. The topological polar surface area (TPSA) is 114 Å². The number of esters is 4. The maximum Gasteiger partial charge on any atom is 0.343 e. The van der Waals surface area contributed by atoms with Crippen molar-refractivity contribution >= 4 is 23.9 Å². The highest BCUT2D eigenvalue weighted by molar-refractivity contribution is 5.92. The van der Waals surface area contributed by atoms with Gasteiger partial charge in [-0.2, -0.15) is 0 Å². The number of rotatable bonds is 12. The van der Waals surface area contributed by atoms with Crippen molar-refractivity contribution in [2.75, 3.05) is 26.9 Å². The van der Waals surface area contributed by atoms with Gasteiger partial charge in [-0.1, -0.05) is 6.58 Å². The molecule has 0 aromatic heterocycles. The van der Waals surface area contributed by atoms with Crippen LogP contribution >= 0.6 is 0 Å². The third kappa shape index (κ3) is 8.96. The van der Waals surface area contributed by atoms with E-state index in [-0.39, 0.29) is 30.3 Å². The van der Waals surface area contributed by atoms with Crippen molar-refractivity contribution in [3.63, 3.8) is 0 Å². The smallest absolute Gasteiger partial charge is 0.343 e. The highest BCUT2D eigenvalue weighted by Crippen LogP contribution is 2.17. The van der Waals surface area contributed by atoms with E-state index >= 15 is 0 Å². The molecule has 0 radical (unpaired) electrons. The Balaban J connectivity index is 1.71. The number of hydrogen-bond acceptors (Lipinski definition) is 9. The Bertz CT molecular complexity index is 962. The van der Waals surface area contributed by atoms with Crippen molar-refractivity contribution in [3.8, 4) is 11.5 Å². The number of carbonyl (C=O) groups excluding carboxylic acids is 4. The largest absolute Gasteiger partial charge is 0.465 e. The minimum atomic E-state index is -0.610. The van der Waals surface area contributed by atoms with Crippen molar-refractivity contribution in [3.05, 3.63) is 72.3 Å². The highest BCUT2D eigenvalue weighted by atomic mass is 16.6. The maximum atomic E-state index is 12.3. The lowest BCUT2D eigenvalue weighted by atomic mass is 10.2. The Morgan fingerprint density at radius 3 is 1.91 bits per heavy atom. The van der Waals surface area contributed by atoms with Crippen LogP contribution in [0.3, 0.4) is 0 Å². The molecular formula is C24H24O9. The molecule has 0 fully saturated rings. The minimum Gasteiger partial charge on any atom is -0.465 e. The Labute approximate surface area is 190 Å². The fourth-order valence-electron chi connectivity index (χ4n) is 2.46. The summed E-state index contributed by atoms with van der Waals surface area (Å²) in [6.07, 6.45) is 2.30. The molecule has 0 unspecified atom stereocenters. The van der Waals surface area contributed by atoms with E-state index in [0.29, 0.717) is 25.0 Å². The van der Waals surface area contributed by atoms with Crippen molar-refractivity contribution < 1.29 is 42.9 Å². The molecule has 0 saturated carbocycles. The van der Waals surface area contributed by atoms with E-state index < -0.39 is 23.9 Å². The van der Waals surface area contributed by atoms with E-state index in [2.05, 4.69) is 11.3 Å². The number of carbonyl (C=O) groups is 4. The zero-order valence-corrected chi connectivity index (χ0v) is 18.1. The van der Waals surface area contributed by atoms with Crippen LogP contribution < -0.4 is 9.47 Å². The van der Waals surface area contributed by atoms with E-state index in [1.54, 1.807) is 0 Å². The normalized spacial score (nSPS) is 10.1. The van der Waals surface area contributed by atoms with Gasteiger partial charge >= 0.3 is 23.9 Å². The summed E-state index contributed by atoms with van der Waals surface area (Å²) in [4.78, 5) is 46.4. The second-order valence-electron chi connectivity index (χ2n) is 6.54. The lowest BCUT2D eigenvalue weighted by molar-refractivity contribution is -0.139. The van der Waals surface area contributed by atoms with E-state index in [0.717, 1.165) is 6.08 Å². The molecule has 0 saturated heterocycles. The molecule has 0 aliphatic heterocycles. The van der Waals surface area contributed by atoms with Crippen LogP contribution in [0.25, 0.3) is 0 Å². The zero-order chi connectivity index (χ0) is 24.1. The van der Waals surface area contributed by atoms with Crippen molar-refractivity contribution in [2.24, 2.45) is 0 Å². The summed E-state index contributed by atoms with van der Waals surface area (Å²) >= 11 is 0. The molecule has 33 heavy (non-hydrogen) atoms. The van der Waals surface area contributed by atoms with Crippen molar-refractivity contribution in [1.82, 2.24) is 0 Å². The molecule has 9 heteroatoms. The number of benzene rings is 2. The Hall–Kier alpha value is -3.98. The first-order valence-corrected chi connectivity index (χ1v) is 10.0. The van der Waals surface area contributed by atoms with Crippen LogP contribution in [0.15, 0.2) is 61.2 Å². The molecule has 0 atom stereocenters. The van der Waals surface area contributed by atoms with Crippen LogP contribution in [-0.2, 0) is 23.8 Å². The molecule has 174 valence electrons. The van der Waals surface area contributed by atoms with E-state index in [9.17, 15) is 19.2 Å². The van der Waals surface area contributed by atoms with Crippen LogP contribution in [0.5, 0.6) is 11.5 Å². The first-order valence-electron chi connectivity index (χ1n) is 10.0. The van der Waals surface area contributed by atoms with Gasteiger partial charge in [0.2, 0.25) is 0 Å². The molecule has 0 heterocycles. The SMILES string of the molecule is C=CC(=O)OCCCCOCC(=O)Oc1ccc(C(=O)Oc2ccc(C(=O)OC)cc2)cc1. The molecule has 0 aliphatic rings. The van der Waals surface area contributed by atoms with Gasteiger partial charge in [0, 0.05) is 12.7 Å². The second-order valence-corrected chi connectivity index (χ2v) is 6.54. The van der Waals surface area contributed by atoms with Gasteiger partial charge in [-0.3, -0.25) is 0 Å². The van der Waals surface area contributed by atoms with E-state index in [1.807, 2.05) is 0 Å². The van der Waals surface area contributed by atoms with E-state index in [1.165, 1.54) is 55.6 Å². The first-order chi connectivity index (χ1) is 15.9. The summed E-state index contributed by atoms with van der Waals surface area (Å²) in [7, 11) is 1.28. The van der Waals surface area contributed by atoms with Crippen LogP contribution in [0.2, 0.25) is 0 Å². The van der Waals surface area contributed by atoms with E-state index in [4.69, 9.17) is 18.9 Å². The van der Waals surface area contributed by atoms with Crippen molar-refractivity contribution in [2.45, 2.75) is 12.8 Å². The molecule has 2 aromatic carbocycles. The van der Waals surface area contributed by atoms with Gasteiger partial charge in [-0.15, -0.1) is 0 Å². The summed E-state index contributed by atoms with van der Waals surface area (Å²) in [5, 5.41) is 0. The molecule has 9 nitrogen and oxygen atoms in total. The zero-order valence-electron chi connectivity index (χ0n) is 18.1. The Kier molecular flexibility index (Phi) is 10.3. The fourth-order valence-corrected chi connectivity index (χ4v) is 2.46. The molecular weight excluding hydrogens is 432 g/mol. The quantitative estimate of drug-likeness (QED) is 0.206. The van der Waals surface area contributed by atoms with Crippen LogP contribution in [0, 0.1) is 0 Å². The Morgan fingerprint density at radius 1 is 0.788 bits per heavy atom. The minimum absolute atomic E-state index is 0.238. The van der Waals surface area contributed by atoms with Crippen LogP contribution in [0.1, 0.15) is 33.6 Å². The van der Waals surface area contributed by atoms with Gasteiger partial charge in [0.25, 0.3) is 0 Å². The van der Waals surface area contributed by atoms with Gasteiger partial charge < -0.3 is 23.7 Å².